The van der Waals surface area contributed by atoms with Crippen molar-refractivity contribution >= 4 is 11.8 Å². The molecule has 74 valence electrons. The Hall–Kier alpha value is -1.64. The molecule has 0 atom stereocenters. The van der Waals surface area contributed by atoms with E-state index in [1.54, 1.807) is 30.3 Å². The number of benzene rings is 1. The fraction of sp³-hybridized carbons (Fsp3) is 0.273. The number of carbonyl (C=O) groups excluding carboxylic acids is 2. The van der Waals surface area contributed by atoms with Gasteiger partial charge in [0, 0.05) is 5.56 Å². The number of carbonyl (C=O) groups is 2. The van der Waals surface area contributed by atoms with E-state index in [1.165, 1.54) is 0 Å². The SMILES string of the molecule is CCCOC(=O)C(=O)c1ccccc1. The van der Waals surface area contributed by atoms with Crippen LogP contribution >= 0.6 is 0 Å². The summed E-state index contributed by atoms with van der Waals surface area (Å²) in [5.41, 5.74) is 0.369. The van der Waals surface area contributed by atoms with Gasteiger partial charge in [-0.25, -0.2) is 4.79 Å². The Bertz CT molecular complexity index is 317. The maximum atomic E-state index is 11.4. The van der Waals surface area contributed by atoms with Crippen molar-refractivity contribution in [2.24, 2.45) is 0 Å². The van der Waals surface area contributed by atoms with E-state index in [0.29, 0.717) is 12.0 Å². The van der Waals surface area contributed by atoms with Crippen LogP contribution in [-0.2, 0) is 9.53 Å². The van der Waals surface area contributed by atoms with Crippen LogP contribution in [0.5, 0.6) is 0 Å². The lowest BCUT2D eigenvalue weighted by Gasteiger charge is -2.01. The Morgan fingerprint density at radius 2 is 1.86 bits per heavy atom. The summed E-state index contributed by atoms with van der Waals surface area (Å²) in [6.07, 6.45) is 0.716. The van der Waals surface area contributed by atoms with Gasteiger partial charge >= 0.3 is 5.97 Å². The zero-order chi connectivity index (χ0) is 10.4. The Balaban J connectivity index is 2.62. The maximum Gasteiger partial charge on any atom is 0.379 e. The average molecular weight is 192 g/mol. The van der Waals surface area contributed by atoms with Crippen molar-refractivity contribution in [3.63, 3.8) is 0 Å². The number of hydrogen-bond acceptors (Lipinski definition) is 3. The molecule has 3 nitrogen and oxygen atoms in total. The van der Waals surface area contributed by atoms with Crippen molar-refractivity contribution in [3.8, 4) is 0 Å². The lowest BCUT2D eigenvalue weighted by atomic mass is 10.1. The molecule has 0 heterocycles. The van der Waals surface area contributed by atoms with E-state index in [-0.39, 0.29) is 6.61 Å². The number of ether oxygens (including phenoxy) is 1. The molecule has 0 radical (unpaired) electrons. The van der Waals surface area contributed by atoms with Gasteiger partial charge in [-0.1, -0.05) is 37.3 Å². The highest BCUT2D eigenvalue weighted by Gasteiger charge is 2.16. The predicted molar refractivity (Wildman–Crippen MR) is 52.0 cm³/mol. The van der Waals surface area contributed by atoms with E-state index in [0.717, 1.165) is 0 Å². The van der Waals surface area contributed by atoms with E-state index in [4.69, 9.17) is 4.74 Å². The largest absolute Gasteiger partial charge is 0.460 e. The molecule has 0 N–H and O–H groups in total. The van der Waals surface area contributed by atoms with Gasteiger partial charge in [0.2, 0.25) is 0 Å². The molecule has 3 heteroatoms. The highest BCUT2D eigenvalue weighted by atomic mass is 16.5. The molecular formula is C11H12O3. The third-order valence-corrected chi connectivity index (χ3v) is 1.66. The first-order valence-corrected chi connectivity index (χ1v) is 4.52. The average Bonchev–Trinajstić information content (AvgIpc) is 2.26. The van der Waals surface area contributed by atoms with Gasteiger partial charge in [-0.3, -0.25) is 4.79 Å². The summed E-state index contributed by atoms with van der Waals surface area (Å²) in [4.78, 5) is 22.5. The molecule has 0 aromatic heterocycles. The van der Waals surface area contributed by atoms with Gasteiger partial charge in [0.15, 0.2) is 0 Å². The summed E-state index contributed by atoms with van der Waals surface area (Å²) in [6, 6.07) is 8.39. The zero-order valence-corrected chi connectivity index (χ0v) is 8.03. The van der Waals surface area contributed by atoms with Gasteiger partial charge in [-0.2, -0.15) is 0 Å². The second kappa shape index (κ2) is 5.17. The van der Waals surface area contributed by atoms with Crippen LogP contribution in [0.2, 0.25) is 0 Å². The molecule has 0 amide bonds. The molecule has 0 aliphatic heterocycles. The Morgan fingerprint density at radius 3 is 2.43 bits per heavy atom. The molecule has 0 saturated heterocycles. The molecule has 0 saturated carbocycles. The van der Waals surface area contributed by atoms with Gasteiger partial charge in [0.1, 0.15) is 0 Å². The first-order valence-electron chi connectivity index (χ1n) is 4.52. The van der Waals surface area contributed by atoms with Crippen LogP contribution in [-0.4, -0.2) is 18.4 Å². The van der Waals surface area contributed by atoms with Crippen LogP contribution in [0.3, 0.4) is 0 Å². The van der Waals surface area contributed by atoms with Crippen LogP contribution in [0, 0.1) is 0 Å². The standard InChI is InChI=1S/C11H12O3/c1-2-8-14-11(13)10(12)9-6-4-3-5-7-9/h3-7H,2,8H2,1H3. The second-order valence-corrected chi connectivity index (χ2v) is 2.83. The van der Waals surface area contributed by atoms with Gasteiger partial charge in [-0.15, -0.1) is 0 Å². The molecule has 0 bridgehead atoms. The van der Waals surface area contributed by atoms with Crippen LogP contribution in [0.4, 0.5) is 0 Å². The van der Waals surface area contributed by atoms with E-state index >= 15 is 0 Å². The van der Waals surface area contributed by atoms with Crippen LogP contribution < -0.4 is 0 Å². The van der Waals surface area contributed by atoms with Gasteiger partial charge in [0.25, 0.3) is 5.78 Å². The van der Waals surface area contributed by atoms with Gasteiger partial charge in [0.05, 0.1) is 6.61 Å². The van der Waals surface area contributed by atoms with E-state index in [9.17, 15) is 9.59 Å². The molecule has 0 spiro atoms. The molecule has 1 rings (SSSR count). The second-order valence-electron chi connectivity index (χ2n) is 2.83. The van der Waals surface area contributed by atoms with Crippen LogP contribution in [0.25, 0.3) is 0 Å². The fourth-order valence-corrected chi connectivity index (χ4v) is 0.968. The number of ketones is 1. The summed E-state index contributed by atoms with van der Waals surface area (Å²) in [5, 5.41) is 0. The molecule has 1 aromatic rings. The minimum absolute atomic E-state index is 0.289. The monoisotopic (exact) mass is 192 g/mol. The lowest BCUT2D eigenvalue weighted by molar-refractivity contribution is -0.138. The minimum Gasteiger partial charge on any atom is -0.460 e. The summed E-state index contributed by atoms with van der Waals surface area (Å²) < 4.78 is 4.72. The van der Waals surface area contributed by atoms with Crippen LogP contribution in [0.15, 0.2) is 30.3 Å². The van der Waals surface area contributed by atoms with Crippen LogP contribution in [0.1, 0.15) is 23.7 Å². The first kappa shape index (κ1) is 10.4. The normalized spacial score (nSPS) is 9.50. The number of hydrogen-bond donors (Lipinski definition) is 0. The van der Waals surface area contributed by atoms with E-state index in [1.807, 2.05) is 6.92 Å². The van der Waals surface area contributed by atoms with Crippen molar-refractivity contribution in [1.82, 2.24) is 0 Å². The number of rotatable bonds is 4. The Labute approximate surface area is 82.7 Å². The molecule has 1 aromatic carbocycles. The Morgan fingerprint density at radius 1 is 1.21 bits per heavy atom. The predicted octanol–water partition coefficient (Wildman–Crippen LogP) is 1.82. The molecular weight excluding hydrogens is 180 g/mol. The van der Waals surface area contributed by atoms with Crippen molar-refractivity contribution < 1.29 is 14.3 Å². The third kappa shape index (κ3) is 2.69. The molecule has 14 heavy (non-hydrogen) atoms. The zero-order valence-electron chi connectivity index (χ0n) is 8.03. The van der Waals surface area contributed by atoms with Crippen molar-refractivity contribution in [1.29, 1.82) is 0 Å². The van der Waals surface area contributed by atoms with Crippen molar-refractivity contribution in [2.45, 2.75) is 13.3 Å². The summed E-state index contributed by atoms with van der Waals surface area (Å²) >= 11 is 0. The van der Waals surface area contributed by atoms with Crippen molar-refractivity contribution in [3.05, 3.63) is 35.9 Å². The van der Waals surface area contributed by atoms with Gasteiger partial charge in [-0.05, 0) is 6.42 Å². The lowest BCUT2D eigenvalue weighted by Crippen LogP contribution is -2.17. The maximum absolute atomic E-state index is 11.4. The number of esters is 1. The number of Topliss-reactive ketones (excluding diaryl/α,β-unsaturated/α-hetero) is 1. The van der Waals surface area contributed by atoms with Gasteiger partial charge < -0.3 is 4.74 Å². The topological polar surface area (TPSA) is 43.4 Å². The summed E-state index contributed by atoms with van der Waals surface area (Å²) in [6.45, 7) is 2.16. The Kier molecular flexibility index (Phi) is 3.85. The van der Waals surface area contributed by atoms with E-state index in [2.05, 4.69) is 0 Å². The summed E-state index contributed by atoms with van der Waals surface area (Å²) in [7, 11) is 0. The highest BCUT2D eigenvalue weighted by molar-refractivity contribution is 6.40. The van der Waals surface area contributed by atoms with Crippen molar-refractivity contribution in [2.75, 3.05) is 6.61 Å². The first-order chi connectivity index (χ1) is 6.75. The van der Waals surface area contributed by atoms with E-state index < -0.39 is 11.8 Å². The molecule has 0 fully saturated rings. The smallest absolute Gasteiger partial charge is 0.379 e. The fourth-order valence-electron chi connectivity index (χ4n) is 0.968. The molecule has 0 aliphatic rings. The minimum atomic E-state index is -0.780. The molecule has 0 aliphatic carbocycles. The highest BCUT2D eigenvalue weighted by Crippen LogP contribution is 2.01. The third-order valence-electron chi connectivity index (χ3n) is 1.66. The molecule has 0 unspecified atom stereocenters. The quantitative estimate of drug-likeness (QED) is 0.415. The summed E-state index contributed by atoms with van der Waals surface area (Å²) in [5.74, 6) is -1.36.